The van der Waals surface area contributed by atoms with Gasteiger partial charge in [-0.15, -0.1) is 5.10 Å². The molecule has 0 aliphatic carbocycles. The number of aromatic carboxylic acids is 1. The quantitative estimate of drug-likeness (QED) is 0.743. The molecule has 3 aromatic rings. The molecule has 1 saturated heterocycles. The summed E-state index contributed by atoms with van der Waals surface area (Å²) in [7, 11) is 0. The summed E-state index contributed by atoms with van der Waals surface area (Å²) in [5, 5.41) is 16.8. The van der Waals surface area contributed by atoms with Gasteiger partial charge in [-0.2, -0.15) is 4.98 Å². The van der Waals surface area contributed by atoms with E-state index in [1.165, 1.54) is 0 Å². The summed E-state index contributed by atoms with van der Waals surface area (Å²) in [6.45, 7) is 5.12. The molecule has 0 amide bonds. The number of morpholine rings is 1. The Balaban J connectivity index is 1.68. The fourth-order valence-corrected chi connectivity index (χ4v) is 3.15. The van der Waals surface area contributed by atoms with E-state index in [0.29, 0.717) is 30.5 Å². The number of rotatable bonds is 4. The minimum atomic E-state index is -0.998. The highest BCUT2D eigenvalue weighted by molar-refractivity contribution is 5.94. The third-order valence-electron chi connectivity index (χ3n) is 4.47. The van der Waals surface area contributed by atoms with Gasteiger partial charge in [0.1, 0.15) is 0 Å². The van der Waals surface area contributed by atoms with Crippen LogP contribution >= 0.6 is 0 Å². The van der Waals surface area contributed by atoms with Crippen molar-refractivity contribution in [1.29, 1.82) is 0 Å². The van der Waals surface area contributed by atoms with E-state index in [0.717, 1.165) is 24.5 Å². The number of hydrogen-bond donors (Lipinski definition) is 2. The summed E-state index contributed by atoms with van der Waals surface area (Å²) >= 11 is 0. The molecule has 26 heavy (non-hydrogen) atoms. The molecule has 1 aromatic carbocycles. The van der Waals surface area contributed by atoms with E-state index in [9.17, 15) is 9.90 Å². The van der Waals surface area contributed by atoms with Crippen molar-refractivity contribution in [1.82, 2.24) is 14.6 Å². The first kappa shape index (κ1) is 16.3. The molecule has 2 aromatic heterocycles. The van der Waals surface area contributed by atoms with Crippen LogP contribution in [0.3, 0.4) is 0 Å². The van der Waals surface area contributed by atoms with E-state index in [1.807, 2.05) is 19.1 Å². The lowest BCUT2D eigenvalue weighted by Gasteiger charge is -2.29. The smallest absolute Gasteiger partial charge is 0.337 e. The number of pyridine rings is 1. The molecule has 3 heterocycles. The normalized spacial score (nSPS) is 14.6. The maximum atomic E-state index is 11.4. The average Bonchev–Trinajstić information content (AvgIpc) is 3.06. The van der Waals surface area contributed by atoms with Crippen molar-refractivity contribution in [2.45, 2.75) is 6.92 Å². The maximum absolute atomic E-state index is 11.4. The predicted octanol–water partition coefficient (Wildman–Crippen LogP) is 2.32. The number of fused-ring (bicyclic) bond motifs is 1. The van der Waals surface area contributed by atoms with Crippen molar-refractivity contribution < 1.29 is 14.6 Å². The molecule has 8 heteroatoms. The molecule has 1 aliphatic rings. The molecule has 0 saturated carbocycles. The first-order chi connectivity index (χ1) is 12.6. The lowest BCUT2D eigenvalue weighted by Crippen LogP contribution is -2.36. The van der Waals surface area contributed by atoms with Crippen LogP contribution in [-0.4, -0.2) is 52.0 Å². The van der Waals surface area contributed by atoms with Crippen molar-refractivity contribution in [2.24, 2.45) is 0 Å². The van der Waals surface area contributed by atoms with Crippen LogP contribution in [0.25, 0.3) is 5.65 Å². The van der Waals surface area contributed by atoms with E-state index in [1.54, 1.807) is 28.8 Å². The Morgan fingerprint density at radius 2 is 1.96 bits per heavy atom. The Kier molecular flexibility index (Phi) is 4.18. The molecule has 134 valence electrons. The van der Waals surface area contributed by atoms with E-state index in [4.69, 9.17) is 4.74 Å². The van der Waals surface area contributed by atoms with Gasteiger partial charge < -0.3 is 20.1 Å². The summed E-state index contributed by atoms with van der Waals surface area (Å²) in [4.78, 5) is 18.1. The van der Waals surface area contributed by atoms with Gasteiger partial charge in [0.15, 0.2) is 5.65 Å². The highest BCUT2D eigenvalue weighted by Gasteiger charge is 2.17. The van der Waals surface area contributed by atoms with Gasteiger partial charge in [-0.1, -0.05) is 12.1 Å². The number of carboxylic acid groups (broad SMARTS) is 1. The van der Waals surface area contributed by atoms with E-state index in [-0.39, 0.29) is 5.56 Å². The van der Waals surface area contributed by atoms with Crippen molar-refractivity contribution >= 4 is 28.9 Å². The van der Waals surface area contributed by atoms with Crippen LogP contribution in [0.2, 0.25) is 0 Å². The van der Waals surface area contributed by atoms with Gasteiger partial charge in [-0.25, -0.2) is 9.31 Å². The van der Waals surface area contributed by atoms with E-state index < -0.39 is 5.97 Å². The highest BCUT2D eigenvalue weighted by Crippen LogP contribution is 2.24. The lowest BCUT2D eigenvalue weighted by molar-refractivity contribution is 0.0698. The SMILES string of the molecule is Cc1c(N2CCOCC2)ccc2nc(Nc3ccccc3C(=O)O)nn12. The molecule has 4 rings (SSSR count). The Bertz CT molecular complexity index is 963. The monoisotopic (exact) mass is 353 g/mol. The summed E-state index contributed by atoms with van der Waals surface area (Å²) < 4.78 is 7.19. The summed E-state index contributed by atoms with van der Waals surface area (Å²) in [6, 6.07) is 10.7. The molecule has 0 atom stereocenters. The average molecular weight is 353 g/mol. The highest BCUT2D eigenvalue weighted by atomic mass is 16.5. The topological polar surface area (TPSA) is 92.0 Å². The van der Waals surface area contributed by atoms with Crippen LogP contribution in [0, 0.1) is 6.92 Å². The van der Waals surface area contributed by atoms with Crippen molar-refractivity contribution in [2.75, 3.05) is 36.5 Å². The molecular formula is C18H19N5O3. The number of anilines is 3. The number of para-hydroxylation sites is 1. The van der Waals surface area contributed by atoms with Crippen LogP contribution in [-0.2, 0) is 4.74 Å². The van der Waals surface area contributed by atoms with Gasteiger partial charge in [0.05, 0.1) is 35.8 Å². The molecule has 1 aliphatic heterocycles. The molecule has 8 nitrogen and oxygen atoms in total. The fraction of sp³-hybridized carbons (Fsp3) is 0.278. The molecule has 0 bridgehead atoms. The van der Waals surface area contributed by atoms with Crippen molar-refractivity contribution in [3.05, 3.63) is 47.7 Å². The van der Waals surface area contributed by atoms with E-state index in [2.05, 4.69) is 20.3 Å². The van der Waals surface area contributed by atoms with Gasteiger partial charge in [0.2, 0.25) is 5.95 Å². The summed E-state index contributed by atoms with van der Waals surface area (Å²) in [5.74, 6) is -0.636. The Hall–Kier alpha value is -3.13. The van der Waals surface area contributed by atoms with Crippen LogP contribution in [0.15, 0.2) is 36.4 Å². The molecule has 0 spiro atoms. The number of carboxylic acids is 1. The predicted molar refractivity (Wildman–Crippen MR) is 97.4 cm³/mol. The Labute approximate surface area is 150 Å². The van der Waals surface area contributed by atoms with Crippen molar-refractivity contribution in [3.8, 4) is 0 Å². The number of aromatic nitrogens is 3. The number of nitrogens with zero attached hydrogens (tertiary/aromatic N) is 4. The molecule has 1 fully saturated rings. The van der Waals surface area contributed by atoms with E-state index >= 15 is 0 Å². The number of aryl methyl sites for hydroxylation is 1. The largest absolute Gasteiger partial charge is 0.478 e. The van der Waals surface area contributed by atoms with Crippen LogP contribution < -0.4 is 10.2 Å². The first-order valence-electron chi connectivity index (χ1n) is 8.42. The Morgan fingerprint density at radius 1 is 1.19 bits per heavy atom. The second kappa shape index (κ2) is 6.64. The van der Waals surface area contributed by atoms with Crippen LogP contribution in [0.5, 0.6) is 0 Å². The number of hydrogen-bond acceptors (Lipinski definition) is 6. The minimum Gasteiger partial charge on any atom is -0.478 e. The molecule has 0 radical (unpaired) electrons. The lowest BCUT2D eigenvalue weighted by atomic mass is 10.2. The minimum absolute atomic E-state index is 0.178. The Morgan fingerprint density at radius 3 is 2.73 bits per heavy atom. The fourth-order valence-electron chi connectivity index (χ4n) is 3.15. The van der Waals surface area contributed by atoms with Gasteiger partial charge in [0, 0.05) is 13.1 Å². The molecule has 2 N–H and O–H groups in total. The zero-order valence-corrected chi connectivity index (χ0v) is 14.3. The molecular weight excluding hydrogens is 334 g/mol. The molecule has 0 unspecified atom stereocenters. The number of nitrogens with one attached hydrogen (secondary N) is 1. The summed E-state index contributed by atoms with van der Waals surface area (Å²) in [5.41, 5.74) is 3.42. The standard InChI is InChI=1S/C18H19N5O3/c1-12-15(22-8-10-26-11-9-22)6-7-16-20-18(21-23(12)16)19-14-5-3-2-4-13(14)17(24)25/h2-7H,8-11H2,1H3,(H,19,21)(H,24,25). The number of carbonyl (C=O) groups is 1. The van der Waals surface area contributed by atoms with Crippen molar-refractivity contribution in [3.63, 3.8) is 0 Å². The van der Waals surface area contributed by atoms with Crippen LogP contribution in [0.1, 0.15) is 16.1 Å². The number of ether oxygens (including phenoxy) is 1. The van der Waals surface area contributed by atoms with Gasteiger partial charge >= 0.3 is 5.97 Å². The zero-order chi connectivity index (χ0) is 18.1. The van der Waals surface area contributed by atoms with Gasteiger partial charge in [-0.05, 0) is 31.2 Å². The summed E-state index contributed by atoms with van der Waals surface area (Å²) in [6.07, 6.45) is 0. The zero-order valence-electron chi connectivity index (χ0n) is 14.3. The maximum Gasteiger partial charge on any atom is 0.337 e. The van der Waals surface area contributed by atoms with Gasteiger partial charge in [-0.3, -0.25) is 0 Å². The first-order valence-corrected chi connectivity index (χ1v) is 8.42. The van der Waals surface area contributed by atoms with Crippen LogP contribution in [0.4, 0.5) is 17.3 Å². The number of benzene rings is 1. The third kappa shape index (κ3) is 2.95. The second-order valence-corrected chi connectivity index (χ2v) is 6.08. The third-order valence-corrected chi connectivity index (χ3v) is 4.47. The second-order valence-electron chi connectivity index (χ2n) is 6.08. The van der Waals surface area contributed by atoms with Gasteiger partial charge in [0.25, 0.3) is 0 Å².